The van der Waals surface area contributed by atoms with E-state index in [1.165, 1.54) is 11.3 Å². The Balaban J connectivity index is 2.10. The molecule has 0 amide bonds. The Bertz CT molecular complexity index is 755. The van der Waals surface area contributed by atoms with Gasteiger partial charge in [0.2, 0.25) is 7.29 Å². The molecule has 0 spiro atoms. The van der Waals surface area contributed by atoms with Crippen LogP contribution < -0.4 is 15.7 Å². The summed E-state index contributed by atoms with van der Waals surface area (Å²) in [5, 5.41) is 7.13. The SMILES string of the molecule is O=P(Nc1nccs1)(c1ccc(Br)cc1)c1ccc(Br)cc1. The Labute approximate surface area is 149 Å². The minimum atomic E-state index is -3.00. The van der Waals surface area contributed by atoms with Gasteiger partial charge in [-0.25, -0.2) is 4.98 Å². The zero-order valence-corrected chi connectivity index (χ0v) is 16.1. The van der Waals surface area contributed by atoms with E-state index in [1.54, 1.807) is 6.20 Å². The van der Waals surface area contributed by atoms with Crippen molar-refractivity contribution in [2.75, 3.05) is 5.09 Å². The Morgan fingerprint density at radius 1 is 0.909 bits per heavy atom. The van der Waals surface area contributed by atoms with Crippen molar-refractivity contribution >= 4 is 66.2 Å². The summed E-state index contributed by atoms with van der Waals surface area (Å²) in [5.74, 6) is 0. The first kappa shape index (κ1) is 15.9. The number of thiazole rings is 1. The number of benzene rings is 2. The molecular formula is C15H11Br2N2OPS. The van der Waals surface area contributed by atoms with Crippen molar-refractivity contribution in [2.45, 2.75) is 0 Å². The quantitative estimate of drug-likeness (QED) is 0.560. The maximum Gasteiger partial charge on any atom is 0.228 e. The minimum Gasteiger partial charge on any atom is -0.305 e. The topological polar surface area (TPSA) is 42.0 Å². The number of halogens is 2. The highest BCUT2D eigenvalue weighted by Gasteiger charge is 2.28. The van der Waals surface area contributed by atoms with Gasteiger partial charge in [-0.2, -0.15) is 0 Å². The van der Waals surface area contributed by atoms with Crippen molar-refractivity contribution in [1.29, 1.82) is 0 Å². The lowest BCUT2D eigenvalue weighted by Crippen LogP contribution is -2.21. The Kier molecular flexibility index (Phi) is 4.83. The maximum absolute atomic E-state index is 13.7. The number of hydrogen-bond acceptors (Lipinski definition) is 3. The molecular weight excluding hydrogens is 447 g/mol. The highest BCUT2D eigenvalue weighted by atomic mass is 79.9. The Hall–Kier alpha value is -0.940. The zero-order valence-electron chi connectivity index (χ0n) is 11.2. The fourth-order valence-corrected chi connectivity index (χ4v) is 5.51. The van der Waals surface area contributed by atoms with Gasteiger partial charge in [-0.1, -0.05) is 31.9 Å². The minimum absolute atomic E-state index is 0.647. The maximum atomic E-state index is 13.7. The smallest absolute Gasteiger partial charge is 0.228 e. The van der Waals surface area contributed by atoms with Crippen molar-refractivity contribution in [2.24, 2.45) is 0 Å². The second-order valence-electron chi connectivity index (χ2n) is 4.51. The van der Waals surface area contributed by atoms with E-state index >= 15 is 0 Å². The predicted octanol–water partition coefficient (Wildman–Crippen LogP) is 5.01. The molecule has 0 unspecified atom stereocenters. The van der Waals surface area contributed by atoms with E-state index in [9.17, 15) is 4.57 Å². The van der Waals surface area contributed by atoms with Crippen LogP contribution in [0.4, 0.5) is 5.13 Å². The molecule has 0 saturated carbocycles. The van der Waals surface area contributed by atoms with Crippen molar-refractivity contribution in [3.8, 4) is 0 Å². The molecule has 0 saturated heterocycles. The molecule has 2 aromatic carbocycles. The third kappa shape index (κ3) is 3.35. The predicted molar refractivity (Wildman–Crippen MR) is 101 cm³/mol. The third-order valence-electron chi connectivity index (χ3n) is 3.07. The van der Waals surface area contributed by atoms with Crippen LogP contribution in [0.1, 0.15) is 0 Å². The van der Waals surface area contributed by atoms with Crippen LogP contribution in [0.25, 0.3) is 0 Å². The van der Waals surface area contributed by atoms with E-state index in [2.05, 4.69) is 41.9 Å². The molecule has 0 radical (unpaired) electrons. The van der Waals surface area contributed by atoms with Gasteiger partial charge in [0.25, 0.3) is 0 Å². The zero-order chi connectivity index (χ0) is 15.6. The molecule has 1 N–H and O–H groups in total. The first-order valence-corrected chi connectivity index (χ1v) is 10.6. The highest BCUT2D eigenvalue weighted by Crippen LogP contribution is 2.44. The van der Waals surface area contributed by atoms with Crippen LogP contribution in [0.5, 0.6) is 0 Å². The van der Waals surface area contributed by atoms with Gasteiger partial charge in [0.15, 0.2) is 5.13 Å². The summed E-state index contributed by atoms with van der Waals surface area (Å²) in [6, 6.07) is 15.0. The molecule has 0 fully saturated rings. The number of rotatable bonds is 4. The molecule has 0 atom stereocenters. The fourth-order valence-electron chi connectivity index (χ4n) is 1.99. The number of aromatic nitrogens is 1. The summed E-state index contributed by atoms with van der Waals surface area (Å²) in [5.41, 5.74) is 0. The van der Waals surface area contributed by atoms with E-state index in [0.717, 1.165) is 19.6 Å². The van der Waals surface area contributed by atoms with E-state index in [1.807, 2.05) is 53.9 Å². The first-order chi connectivity index (χ1) is 10.6. The van der Waals surface area contributed by atoms with Gasteiger partial charge in [0.05, 0.1) is 0 Å². The van der Waals surface area contributed by atoms with Crippen molar-refractivity contribution < 1.29 is 4.57 Å². The molecule has 112 valence electrons. The molecule has 3 aromatic rings. The van der Waals surface area contributed by atoms with Crippen molar-refractivity contribution in [3.05, 3.63) is 69.1 Å². The molecule has 1 heterocycles. The van der Waals surface area contributed by atoms with Crippen LogP contribution in [0.3, 0.4) is 0 Å². The number of nitrogens with one attached hydrogen (secondary N) is 1. The van der Waals surface area contributed by atoms with Crippen LogP contribution >= 0.6 is 50.5 Å². The Morgan fingerprint density at radius 2 is 1.41 bits per heavy atom. The summed E-state index contributed by atoms with van der Waals surface area (Å²) in [6.07, 6.45) is 1.69. The average Bonchev–Trinajstić information content (AvgIpc) is 3.01. The standard InChI is InChI=1S/C15H11Br2N2OPS/c16-11-1-5-13(6-2-11)21(20,19-15-18-9-10-22-15)14-7-3-12(17)4-8-14/h1-10H,(H,18,19,20). The molecule has 3 rings (SSSR count). The summed E-state index contributed by atoms with van der Waals surface area (Å²) in [6.45, 7) is 0. The lowest BCUT2D eigenvalue weighted by molar-refractivity contribution is 0.590. The van der Waals surface area contributed by atoms with Crippen LogP contribution in [-0.2, 0) is 4.57 Å². The summed E-state index contributed by atoms with van der Waals surface area (Å²) < 4.78 is 15.6. The third-order valence-corrected chi connectivity index (χ3v) is 7.54. The van der Waals surface area contributed by atoms with Gasteiger partial charge >= 0.3 is 0 Å². The lowest BCUT2D eigenvalue weighted by Gasteiger charge is -2.20. The number of anilines is 1. The normalized spacial score (nSPS) is 11.4. The molecule has 0 aliphatic rings. The van der Waals surface area contributed by atoms with E-state index in [0.29, 0.717) is 5.13 Å². The van der Waals surface area contributed by atoms with E-state index in [-0.39, 0.29) is 0 Å². The van der Waals surface area contributed by atoms with Crippen LogP contribution in [0.2, 0.25) is 0 Å². The molecule has 0 aliphatic carbocycles. The van der Waals surface area contributed by atoms with Crippen molar-refractivity contribution in [3.63, 3.8) is 0 Å². The molecule has 0 bridgehead atoms. The van der Waals surface area contributed by atoms with Gasteiger partial charge in [-0.15, -0.1) is 11.3 Å². The van der Waals surface area contributed by atoms with E-state index < -0.39 is 7.29 Å². The van der Waals surface area contributed by atoms with Crippen LogP contribution in [0, 0.1) is 0 Å². The molecule has 3 nitrogen and oxygen atoms in total. The molecule has 7 heteroatoms. The second-order valence-corrected chi connectivity index (χ2v) is 9.71. The van der Waals surface area contributed by atoms with Gasteiger partial charge in [-0.05, 0) is 48.5 Å². The highest BCUT2D eigenvalue weighted by molar-refractivity contribution is 9.10. The molecule has 1 aromatic heterocycles. The van der Waals surface area contributed by atoms with Gasteiger partial charge in [0, 0.05) is 31.1 Å². The monoisotopic (exact) mass is 456 g/mol. The van der Waals surface area contributed by atoms with Crippen LogP contribution in [0.15, 0.2) is 69.1 Å². The second kappa shape index (κ2) is 6.67. The molecule has 22 heavy (non-hydrogen) atoms. The number of hydrogen-bond donors (Lipinski definition) is 1. The lowest BCUT2D eigenvalue weighted by atomic mass is 10.4. The van der Waals surface area contributed by atoms with Crippen LogP contribution in [-0.4, -0.2) is 4.98 Å². The average molecular weight is 458 g/mol. The largest absolute Gasteiger partial charge is 0.305 e. The van der Waals surface area contributed by atoms with Gasteiger partial charge in [0.1, 0.15) is 0 Å². The summed E-state index contributed by atoms with van der Waals surface area (Å²) >= 11 is 8.26. The van der Waals surface area contributed by atoms with Gasteiger partial charge in [-0.3, -0.25) is 4.57 Å². The number of nitrogens with zero attached hydrogens (tertiary/aromatic N) is 1. The summed E-state index contributed by atoms with van der Waals surface area (Å²) in [4.78, 5) is 4.20. The Morgan fingerprint density at radius 3 is 1.82 bits per heavy atom. The van der Waals surface area contributed by atoms with E-state index in [4.69, 9.17) is 0 Å². The molecule has 0 aliphatic heterocycles. The van der Waals surface area contributed by atoms with Crippen molar-refractivity contribution in [1.82, 2.24) is 4.98 Å². The first-order valence-electron chi connectivity index (χ1n) is 6.38. The fraction of sp³-hybridized carbons (Fsp3) is 0. The summed E-state index contributed by atoms with van der Waals surface area (Å²) in [7, 11) is -3.00. The van der Waals surface area contributed by atoms with Gasteiger partial charge < -0.3 is 5.09 Å².